The van der Waals surface area contributed by atoms with Gasteiger partial charge in [-0.25, -0.2) is 0 Å². The summed E-state index contributed by atoms with van der Waals surface area (Å²) in [6.45, 7) is 7.20. The average Bonchev–Trinajstić information content (AvgIpc) is 2.70. The van der Waals surface area contributed by atoms with E-state index in [1.165, 1.54) is 31.5 Å². The minimum Gasteiger partial charge on any atom is -0.313 e. The van der Waals surface area contributed by atoms with Crippen molar-refractivity contribution in [1.29, 1.82) is 0 Å². The zero-order valence-corrected chi connectivity index (χ0v) is 11.9. The molecule has 1 aliphatic heterocycles. The third-order valence-corrected chi connectivity index (χ3v) is 4.17. The maximum Gasteiger partial charge on any atom is 0.0329 e. The zero-order chi connectivity index (χ0) is 13.0. The Morgan fingerprint density at radius 3 is 2.56 bits per heavy atom. The maximum absolute atomic E-state index is 3.44. The van der Waals surface area contributed by atoms with Gasteiger partial charge in [-0.2, -0.15) is 0 Å². The lowest BCUT2D eigenvalue weighted by Crippen LogP contribution is -2.31. The molecule has 0 aromatic heterocycles. The van der Waals surface area contributed by atoms with Crippen LogP contribution in [0.5, 0.6) is 0 Å². The van der Waals surface area contributed by atoms with Crippen LogP contribution in [0.2, 0.25) is 0 Å². The monoisotopic (exact) mass is 246 g/mol. The first-order chi connectivity index (χ1) is 8.70. The van der Waals surface area contributed by atoms with E-state index in [1.807, 2.05) is 0 Å². The van der Waals surface area contributed by atoms with Crippen molar-refractivity contribution in [2.45, 2.75) is 38.8 Å². The van der Waals surface area contributed by atoms with E-state index < -0.39 is 0 Å². The van der Waals surface area contributed by atoms with Crippen molar-refractivity contribution in [3.8, 4) is 0 Å². The lowest BCUT2D eigenvalue weighted by molar-refractivity contribution is 0.250. The van der Waals surface area contributed by atoms with Crippen molar-refractivity contribution in [2.24, 2.45) is 5.92 Å². The van der Waals surface area contributed by atoms with E-state index in [0.29, 0.717) is 6.04 Å². The van der Waals surface area contributed by atoms with Crippen LogP contribution in [0, 0.1) is 5.92 Å². The average molecular weight is 246 g/mol. The summed E-state index contributed by atoms with van der Waals surface area (Å²) in [5.41, 5.74) is 1.40. The highest BCUT2D eigenvalue weighted by atomic mass is 15.2. The molecule has 0 amide bonds. The molecule has 2 rings (SSSR count). The van der Waals surface area contributed by atoms with E-state index >= 15 is 0 Å². The van der Waals surface area contributed by atoms with E-state index in [4.69, 9.17) is 0 Å². The molecule has 1 fully saturated rings. The van der Waals surface area contributed by atoms with E-state index in [0.717, 1.165) is 12.0 Å². The molecule has 3 atom stereocenters. The normalized spacial score (nSPS) is 26.4. The fourth-order valence-electron chi connectivity index (χ4n) is 3.16. The maximum atomic E-state index is 3.44. The molecular formula is C16H26N2. The van der Waals surface area contributed by atoms with Gasteiger partial charge in [-0.05, 0) is 38.3 Å². The van der Waals surface area contributed by atoms with Crippen LogP contribution in [0.25, 0.3) is 0 Å². The highest BCUT2D eigenvalue weighted by Gasteiger charge is 2.26. The summed E-state index contributed by atoms with van der Waals surface area (Å²) in [7, 11) is 2.06. The van der Waals surface area contributed by atoms with Crippen LogP contribution in [-0.4, -0.2) is 31.1 Å². The SMILES string of the molecule is CNC(CCN1CC(C)CC1C)c1ccccc1. The van der Waals surface area contributed by atoms with Crippen molar-refractivity contribution >= 4 is 0 Å². The molecule has 0 bridgehead atoms. The Morgan fingerprint density at radius 2 is 2.00 bits per heavy atom. The smallest absolute Gasteiger partial charge is 0.0329 e. The van der Waals surface area contributed by atoms with Crippen LogP contribution < -0.4 is 5.32 Å². The van der Waals surface area contributed by atoms with Crippen molar-refractivity contribution in [3.63, 3.8) is 0 Å². The molecule has 1 aromatic rings. The Hall–Kier alpha value is -0.860. The molecule has 1 aromatic carbocycles. The molecular weight excluding hydrogens is 220 g/mol. The second kappa shape index (κ2) is 6.35. The Morgan fingerprint density at radius 1 is 1.28 bits per heavy atom. The summed E-state index contributed by atoms with van der Waals surface area (Å²) in [5, 5.41) is 3.44. The zero-order valence-electron chi connectivity index (χ0n) is 11.9. The van der Waals surface area contributed by atoms with Gasteiger partial charge in [0.1, 0.15) is 0 Å². The molecule has 1 heterocycles. The van der Waals surface area contributed by atoms with Crippen LogP contribution in [0.3, 0.4) is 0 Å². The van der Waals surface area contributed by atoms with Crippen LogP contribution in [0.1, 0.15) is 38.3 Å². The minimum absolute atomic E-state index is 0.481. The van der Waals surface area contributed by atoms with Gasteiger partial charge in [-0.15, -0.1) is 0 Å². The lowest BCUT2D eigenvalue weighted by atomic mass is 10.0. The van der Waals surface area contributed by atoms with Gasteiger partial charge in [0, 0.05) is 25.2 Å². The highest BCUT2D eigenvalue weighted by molar-refractivity contribution is 5.18. The van der Waals surface area contributed by atoms with Gasteiger partial charge in [-0.1, -0.05) is 37.3 Å². The number of nitrogens with one attached hydrogen (secondary N) is 1. The first kappa shape index (κ1) is 13.6. The standard InChI is InChI=1S/C16H26N2/c1-13-11-14(2)18(12-13)10-9-16(17-3)15-7-5-4-6-8-15/h4-8,13-14,16-17H,9-12H2,1-3H3. The summed E-state index contributed by atoms with van der Waals surface area (Å²) in [4.78, 5) is 2.64. The summed E-state index contributed by atoms with van der Waals surface area (Å²) in [6, 6.07) is 12.0. The first-order valence-electron chi connectivity index (χ1n) is 7.17. The number of benzene rings is 1. The fourth-order valence-corrected chi connectivity index (χ4v) is 3.16. The molecule has 3 unspecified atom stereocenters. The third kappa shape index (κ3) is 3.33. The van der Waals surface area contributed by atoms with Gasteiger partial charge in [0.2, 0.25) is 0 Å². The van der Waals surface area contributed by atoms with Gasteiger partial charge in [-0.3, -0.25) is 0 Å². The van der Waals surface area contributed by atoms with Crippen LogP contribution in [0.15, 0.2) is 30.3 Å². The van der Waals surface area contributed by atoms with Crippen molar-refractivity contribution < 1.29 is 0 Å². The molecule has 100 valence electrons. The van der Waals surface area contributed by atoms with Crippen LogP contribution in [-0.2, 0) is 0 Å². The summed E-state index contributed by atoms with van der Waals surface area (Å²) in [5.74, 6) is 0.866. The molecule has 0 spiro atoms. The highest BCUT2D eigenvalue weighted by Crippen LogP contribution is 2.24. The molecule has 1 N–H and O–H groups in total. The number of likely N-dealkylation sites (tertiary alicyclic amines) is 1. The predicted octanol–water partition coefficient (Wildman–Crippen LogP) is 3.07. The third-order valence-electron chi connectivity index (χ3n) is 4.17. The largest absolute Gasteiger partial charge is 0.313 e. The number of hydrogen-bond acceptors (Lipinski definition) is 2. The molecule has 0 aliphatic carbocycles. The molecule has 1 aliphatic rings. The van der Waals surface area contributed by atoms with E-state index in [9.17, 15) is 0 Å². The first-order valence-corrected chi connectivity index (χ1v) is 7.17. The number of rotatable bonds is 5. The molecule has 0 radical (unpaired) electrons. The van der Waals surface area contributed by atoms with Crippen molar-refractivity contribution in [3.05, 3.63) is 35.9 Å². The minimum atomic E-state index is 0.481. The molecule has 2 nitrogen and oxygen atoms in total. The Balaban J connectivity index is 1.88. The van der Waals surface area contributed by atoms with Gasteiger partial charge >= 0.3 is 0 Å². The van der Waals surface area contributed by atoms with E-state index in [2.05, 4.69) is 61.4 Å². The topological polar surface area (TPSA) is 15.3 Å². The molecule has 0 saturated carbocycles. The van der Waals surface area contributed by atoms with E-state index in [1.54, 1.807) is 0 Å². The number of hydrogen-bond donors (Lipinski definition) is 1. The second-order valence-electron chi connectivity index (χ2n) is 5.73. The van der Waals surface area contributed by atoms with Gasteiger partial charge < -0.3 is 10.2 Å². The van der Waals surface area contributed by atoms with Crippen LogP contribution >= 0.6 is 0 Å². The molecule has 2 heteroatoms. The van der Waals surface area contributed by atoms with Crippen molar-refractivity contribution in [1.82, 2.24) is 10.2 Å². The van der Waals surface area contributed by atoms with Gasteiger partial charge in [0.25, 0.3) is 0 Å². The van der Waals surface area contributed by atoms with Gasteiger partial charge in [0.05, 0.1) is 0 Å². The van der Waals surface area contributed by atoms with Gasteiger partial charge in [0.15, 0.2) is 0 Å². The second-order valence-corrected chi connectivity index (χ2v) is 5.73. The predicted molar refractivity (Wildman–Crippen MR) is 77.7 cm³/mol. The van der Waals surface area contributed by atoms with Crippen molar-refractivity contribution in [2.75, 3.05) is 20.1 Å². The molecule has 1 saturated heterocycles. The quantitative estimate of drug-likeness (QED) is 0.859. The summed E-state index contributed by atoms with van der Waals surface area (Å²) >= 11 is 0. The Labute approximate surface area is 111 Å². The molecule has 18 heavy (non-hydrogen) atoms. The fraction of sp³-hybridized carbons (Fsp3) is 0.625. The lowest BCUT2D eigenvalue weighted by Gasteiger charge is -2.24. The Kier molecular flexibility index (Phi) is 4.79. The van der Waals surface area contributed by atoms with E-state index in [-0.39, 0.29) is 0 Å². The number of nitrogens with zero attached hydrogens (tertiary/aromatic N) is 1. The summed E-state index contributed by atoms with van der Waals surface area (Å²) < 4.78 is 0. The summed E-state index contributed by atoms with van der Waals surface area (Å²) in [6.07, 6.45) is 2.55. The van der Waals surface area contributed by atoms with Crippen LogP contribution in [0.4, 0.5) is 0 Å². The Bertz CT molecular complexity index is 349.